The standard InChI is InChI=1S/C12H14BrN/c13-11-5-1-9(2-6-11)10-3-7-12(14)8-4-10/h1,3,5,7H,2,4,6,8,14H2. The van der Waals surface area contributed by atoms with Gasteiger partial charge in [-0.15, -0.1) is 0 Å². The van der Waals surface area contributed by atoms with Gasteiger partial charge < -0.3 is 5.73 Å². The van der Waals surface area contributed by atoms with Gasteiger partial charge in [-0.25, -0.2) is 0 Å². The molecule has 0 heterocycles. The van der Waals surface area contributed by atoms with Crippen molar-refractivity contribution in [3.63, 3.8) is 0 Å². The first-order chi connectivity index (χ1) is 6.75. The van der Waals surface area contributed by atoms with Gasteiger partial charge >= 0.3 is 0 Å². The number of halogens is 1. The molecular weight excluding hydrogens is 238 g/mol. The molecule has 0 aliphatic heterocycles. The number of allylic oxidation sites excluding steroid dienone is 8. The first-order valence-corrected chi connectivity index (χ1v) is 5.76. The van der Waals surface area contributed by atoms with Crippen LogP contribution in [0.25, 0.3) is 0 Å². The summed E-state index contributed by atoms with van der Waals surface area (Å²) in [5, 5.41) is 0. The van der Waals surface area contributed by atoms with Crippen LogP contribution in [0, 0.1) is 0 Å². The fraction of sp³-hybridized carbons (Fsp3) is 0.333. The number of hydrogen-bond donors (Lipinski definition) is 1. The lowest BCUT2D eigenvalue weighted by Gasteiger charge is -2.17. The Kier molecular flexibility index (Phi) is 2.92. The van der Waals surface area contributed by atoms with Crippen molar-refractivity contribution in [2.75, 3.05) is 0 Å². The van der Waals surface area contributed by atoms with E-state index < -0.39 is 0 Å². The number of rotatable bonds is 1. The largest absolute Gasteiger partial charge is 0.402 e. The molecule has 2 aliphatic carbocycles. The topological polar surface area (TPSA) is 26.0 Å². The first-order valence-electron chi connectivity index (χ1n) is 4.96. The molecule has 0 unspecified atom stereocenters. The van der Waals surface area contributed by atoms with Crippen LogP contribution in [0.5, 0.6) is 0 Å². The van der Waals surface area contributed by atoms with Gasteiger partial charge in [0, 0.05) is 5.70 Å². The van der Waals surface area contributed by atoms with Crippen molar-refractivity contribution in [1.82, 2.24) is 0 Å². The van der Waals surface area contributed by atoms with Crippen LogP contribution in [-0.2, 0) is 0 Å². The predicted octanol–water partition coefficient (Wildman–Crippen LogP) is 3.55. The molecule has 2 aliphatic rings. The van der Waals surface area contributed by atoms with Crippen LogP contribution in [0.1, 0.15) is 25.7 Å². The smallest absolute Gasteiger partial charge is 0.00838 e. The van der Waals surface area contributed by atoms with Crippen LogP contribution in [-0.4, -0.2) is 0 Å². The van der Waals surface area contributed by atoms with Gasteiger partial charge in [-0.3, -0.25) is 0 Å². The maximum absolute atomic E-state index is 5.73. The highest BCUT2D eigenvalue weighted by Gasteiger charge is 2.11. The zero-order chi connectivity index (χ0) is 9.97. The van der Waals surface area contributed by atoms with Crippen molar-refractivity contribution in [1.29, 1.82) is 0 Å². The van der Waals surface area contributed by atoms with Gasteiger partial charge in [0.15, 0.2) is 0 Å². The molecular formula is C12H14BrN. The van der Waals surface area contributed by atoms with Gasteiger partial charge in [-0.2, -0.15) is 0 Å². The molecule has 0 bridgehead atoms. The Morgan fingerprint density at radius 1 is 0.857 bits per heavy atom. The van der Waals surface area contributed by atoms with E-state index in [-0.39, 0.29) is 0 Å². The second kappa shape index (κ2) is 4.18. The molecule has 0 radical (unpaired) electrons. The average molecular weight is 252 g/mol. The Labute approximate surface area is 93.2 Å². The third kappa shape index (κ3) is 2.18. The summed E-state index contributed by atoms with van der Waals surface area (Å²) in [4.78, 5) is 0. The van der Waals surface area contributed by atoms with Crippen molar-refractivity contribution in [2.24, 2.45) is 5.73 Å². The minimum Gasteiger partial charge on any atom is -0.402 e. The normalized spacial score (nSPS) is 22.1. The molecule has 2 rings (SSSR count). The van der Waals surface area contributed by atoms with E-state index in [4.69, 9.17) is 5.73 Å². The maximum Gasteiger partial charge on any atom is 0.00838 e. The molecule has 0 aromatic carbocycles. The Hall–Kier alpha value is -0.760. The lowest BCUT2D eigenvalue weighted by Crippen LogP contribution is -2.04. The minimum atomic E-state index is 1.00. The Morgan fingerprint density at radius 2 is 1.50 bits per heavy atom. The second-order valence-electron chi connectivity index (χ2n) is 3.74. The summed E-state index contributed by atoms with van der Waals surface area (Å²) >= 11 is 3.51. The van der Waals surface area contributed by atoms with E-state index in [9.17, 15) is 0 Å². The Balaban J connectivity index is 2.17. The zero-order valence-corrected chi connectivity index (χ0v) is 9.68. The Morgan fingerprint density at radius 3 is 2.00 bits per heavy atom. The summed E-state index contributed by atoms with van der Waals surface area (Å²) in [7, 11) is 0. The van der Waals surface area contributed by atoms with E-state index in [2.05, 4.69) is 34.2 Å². The SMILES string of the molecule is NC1=CC=C(C2=CC=C(Br)CC2)CC1. The van der Waals surface area contributed by atoms with Gasteiger partial charge in [-0.05, 0) is 47.4 Å². The summed E-state index contributed by atoms with van der Waals surface area (Å²) in [6.45, 7) is 0. The average Bonchev–Trinajstić information content (AvgIpc) is 2.21. The highest BCUT2D eigenvalue weighted by Crippen LogP contribution is 2.30. The van der Waals surface area contributed by atoms with E-state index in [0.717, 1.165) is 31.4 Å². The van der Waals surface area contributed by atoms with E-state index in [1.165, 1.54) is 15.6 Å². The lowest BCUT2D eigenvalue weighted by molar-refractivity contribution is 0.859. The monoisotopic (exact) mass is 251 g/mol. The second-order valence-corrected chi connectivity index (χ2v) is 4.76. The number of hydrogen-bond acceptors (Lipinski definition) is 1. The summed E-state index contributed by atoms with van der Waals surface area (Å²) in [6, 6.07) is 0. The van der Waals surface area contributed by atoms with Crippen LogP contribution < -0.4 is 5.73 Å². The molecule has 0 saturated heterocycles. The highest BCUT2D eigenvalue weighted by molar-refractivity contribution is 9.11. The molecule has 14 heavy (non-hydrogen) atoms. The third-order valence-corrected chi connectivity index (χ3v) is 3.35. The molecule has 0 aromatic heterocycles. The molecule has 0 spiro atoms. The quantitative estimate of drug-likeness (QED) is 0.758. The maximum atomic E-state index is 5.73. The minimum absolute atomic E-state index is 1.00. The van der Waals surface area contributed by atoms with Crippen LogP contribution in [0.2, 0.25) is 0 Å². The van der Waals surface area contributed by atoms with Crippen LogP contribution >= 0.6 is 15.9 Å². The fourth-order valence-electron chi connectivity index (χ4n) is 1.80. The van der Waals surface area contributed by atoms with E-state index in [0.29, 0.717) is 0 Å². The predicted molar refractivity (Wildman–Crippen MR) is 63.9 cm³/mol. The molecule has 0 atom stereocenters. The van der Waals surface area contributed by atoms with Crippen molar-refractivity contribution >= 4 is 15.9 Å². The van der Waals surface area contributed by atoms with Gasteiger partial charge in [0.1, 0.15) is 0 Å². The van der Waals surface area contributed by atoms with Crippen LogP contribution in [0.3, 0.4) is 0 Å². The molecule has 0 fully saturated rings. The summed E-state index contributed by atoms with van der Waals surface area (Å²) < 4.78 is 1.30. The van der Waals surface area contributed by atoms with Gasteiger partial charge in [0.05, 0.1) is 0 Å². The van der Waals surface area contributed by atoms with Crippen molar-refractivity contribution in [3.05, 3.63) is 45.6 Å². The summed E-state index contributed by atoms with van der Waals surface area (Å²) in [5.74, 6) is 0. The van der Waals surface area contributed by atoms with Gasteiger partial charge in [0.25, 0.3) is 0 Å². The molecule has 2 N–H and O–H groups in total. The molecule has 0 aromatic rings. The fourth-order valence-corrected chi connectivity index (χ4v) is 2.13. The third-order valence-electron chi connectivity index (χ3n) is 2.69. The van der Waals surface area contributed by atoms with Crippen molar-refractivity contribution < 1.29 is 0 Å². The molecule has 74 valence electrons. The zero-order valence-electron chi connectivity index (χ0n) is 8.09. The Bertz CT molecular complexity index is 323. The molecule has 0 amide bonds. The van der Waals surface area contributed by atoms with Gasteiger partial charge in [0.2, 0.25) is 0 Å². The van der Waals surface area contributed by atoms with Crippen LogP contribution in [0.15, 0.2) is 45.6 Å². The summed E-state index contributed by atoms with van der Waals surface area (Å²) in [5.41, 5.74) is 9.65. The van der Waals surface area contributed by atoms with Crippen LogP contribution in [0.4, 0.5) is 0 Å². The van der Waals surface area contributed by atoms with E-state index in [1.807, 2.05) is 6.08 Å². The molecule has 1 nitrogen and oxygen atoms in total. The lowest BCUT2D eigenvalue weighted by atomic mass is 9.91. The van der Waals surface area contributed by atoms with Gasteiger partial charge in [-0.1, -0.05) is 34.2 Å². The molecule has 2 heteroatoms. The first kappa shape index (κ1) is 9.78. The van der Waals surface area contributed by atoms with Crippen molar-refractivity contribution in [2.45, 2.75) is 25.7 Å². The van der Waals surface area contributed by atoms with Crippen molar-refractivity contribution in [3.8, 4) is 0 Å². The number of nitrogens with two attached hydrogens (primary N) is 1. The highest BCUT2D eigenvalue weighted by atomic mass is 79.9. The van der Waals surface area contributed by atoms with E-state index >= 15 is 0 Å². The van der Waals surface area contributed by atoms with E-state index in [1.54, 1.807) is 0 Å². The summed E-state index contributed by atoms with van der Waals surface area (Å²) in [6.07, 6.45) is 13.0. The molecule has 0 saturated carbocycles.